The van der Waals surface area contributed by atoms with E-state index in [4.69, 9.17) is 9.72 Å². The highest BCUT2D eigenvalue weighted by Crippen LogP contribution is 2.45. The molecule has 2 heterocycles. The van der Waals surface area contributed by atoms with E-state index in [0.717, 1.165) is 27.8 Å². The zero-order chi connectivity index (χ0) is 26.3. The molecule has 3 aromatic carbocycles. The van der Waals surface area contributed by atoms with Crippen molar-refractivity contribution in [1.82, 2.24) is 4.98 Å². The lowest BCUT2D eigenvalue weighted by Crippen LogP contribution is -2.29. The summed E-state index contributed by atoms with van der Waals surface area (Å²) in [5, 5.41) is 11.6. The molecule has 0 saturated carbocycles. The Kier molecular flexibility index (Phi) is 6.52. The molecule has 1 aromatic heterocycles. The molecule has 1 amide bonds. The number of fused-ring (bicyclic) bond motifs is 1. The van der Waals surface area contributed by atoms with Crippen LogP contribution in [0.5, 0.6) is 5.75 Å². The maximum absolute atomic E-state index is 13.6. The molecule has 1 N–H and O–H groups in total. The molecule has 37 heavy (non-hydrogen) atoms. The number of hydrogen-bond acceptors (Lipinski definition) is 6. The van der Waals surface area contributed by atoms with Crippen LogP contribution in [0.4, 0.5) is 9.52 Å². The molecule has 6 nitrogen and oxygen atoms in total. The summed E-state index contributed by atoms with van der Waals surface area (Å²) < 4.78 is 20.2. The van der Waals surface area contributed by atoms with E-state index in [2.05, 4.69) is 0 Å². The van der Waals surface area contributed by atoms with Crippen LogP contribution in [-0.2, 0) is 9.59 Å². The normalized spacial score (nSPS) is 17.1. The summed E-state index contributed by atoms with van der Waals surface area (Å²) in [6.07, 6.45) is 0.817. The lowest BCUT2D eigenvalue weighted by Gasteiger charge is -2.23. The lowest BCUT2D eigenvalue weighted by atomic mass is 9.95. The quantitative estimate of drug-likeness (QED) is 0.181. The van der Waals surface area contributed by atoms with Crippen LogP contribution >= 0.6 is 11.3 Å². The van der Waals surface area contributed by atoms with Crippen molar-refractivity contribution in [3.63, 3.8) is 0 Å². The first-order chi connectivity index (χ1) is 17.8. The van der Waals surface area contributed by atoms with Crippen LogP contribution in [0.25, 0.3) is 16.0 Å². The van der Waals surface area contributed by atoms with Gasteiger partial charge in [-0.15, -0.1) is 0 Å². The van der Waals surface area contributed by atoms with Crippen molar-refractivity contribution in [2.45, 2.75) is 33.2 Å². The Labute approximate surface area is 217 Å². The van der Waals surface area contributed by atoms with Crippen molar-refractivity contribution in [2.75, 3.05) is 11.5 Å². The Hall–Kier alpha value is -4.04. The monoisotopic (exact) mass is 516 g/mol. The van der Waals surface area contributed by atoms with E-state index in [1.54, 1.807) is 24.3 Å². The van der Waals surface area contributed by atoms with Gasteiger partial charge in [-0.25, -0.2) is 9.37 Å². The summed E-state index contributed by atoms with van der Waals surface area (Å²) in [5.74, 6) is -1.89. The lowest BCUT2D eigenvalue weighted by molar-refractivity contribution is -0.132. The average Bonchev–Trinajstić information content (AvgIpc) is 3.41. The number of rotatable bonds is 6. The molecule has 4 aromatic rings. The number of nitrogens with zero attached hydrogens (tertiary/aromatic N) is 2. The molecule has 0 spiro atoms. The number of benzene rings is 3. The first kappa shape index (κ1) is 24.6. The van der Waals surface area contributed by atoms with Crippen molar-refractivity contribution < 1.29 is 23.8 Å². The number of ketones is 1. The van der Waals surface area contributed by atoms with E-state index in [9.17, 15) is 19.1 Å². The highest BCUT2D eigenvalue weighted by Gasteiger charge is 2.48. The summed E-state index contributed by atoms with van der Waals surface area (Å²) >= 11 is 1.31. The predicted octanol–water partition coefficient (Wildman–Crippen LogP) is 6.47. The van der Waals surface area contributed by atoms with Crippen LogP contribution in [0, 0.1) is 19.7 Å². The van der Waals surface area contributed by atoms with E-state index < -0.39 is 23.5 Å². The minimum atomic E-state index is -0.947. The van der Waals surface area contributed by atoms with E-state index in [1.165, 1.54) is 40.5 Å². The molecular weight excluding hydrogens is 491 g/mol. The maximum atomic E-state index is 13.6. The third-order valence-electron chi connectivity index (χ3n) is 6.23. The van der Waals surface area contributed by atoms with Gasteiger partial charge in [-0.2, -0.15) is 0 Å². The third-order valence-corrected chi connectivity index (χ3v) is 7.24. The number of aliphatic hydroxyl groups is 1. The number of anilines is 1. The maximum Gasteiger partial charge on any atom is 0.301 e. The van der Waals surface area contributed by atoms with Gasteiger partial charge >= 0.3 is 5.91 Å². The highest BCUT2D eigenvalue weighted by molar-refractivity contribution is 7.22. The fourth-order valence-electron chi connectivity index (χ4n) is 4.56. The molecular formula is C29H25FN2O4S. The highest BCUT2D eigenvalue weighted by atomic mass is 32.1. The Morgan fingerprint density at radius 2 is 1.86 bits per heavy atom. The van der Waals surface area contributed by atoms with Crippen molar-refractivity contribution >= 4 is 44.1 Å². The van der Waals surface area contributed by atoms with Gasteiger partial charge in [0.1, 0.15) is 17.3 Å². The van der Waals surface area contributed by atoms with Crippen LogP contribution in [0.2, 0.25) is 0 Å². The molecule has 0 radical (unpaired) electrons. The second kappa shape index (κ2) is 9.78. The summed E-state index contributed by atoms with van der Waals surface area (Å²) in [6.45, 7) is 6.45. The zero-order valence-electron chi connectivity index (χ0n) is 20.6. The second-order valence-electron chi connectivity index (χ2n) is 9.02. The summed E-state index contributed by atoms with van der Waals surface area (Å²) in [6, 6.07) is 15.3. The molecule has 1 fully saturated rings. The van der Waals surface area contributed by atoms with E-state index in [0.29, 0.717) is 23.1 Å². The van der Waals surface area contributed by atoms with Crippen LogP contribution in [0.15, 0.2) is 66.2 Å². The van der Waals surface area contributed by atoms with Crippen molar-refractivity contribution in [1.29, 1.82) is 0 Å². The standard InChI is InChI=1S/C29H25FN2O4S/c1-4-12-36-21-7-5-6-19(15-21)25-23(26(33)18-8-10-20(30)11-9-18)27(34)28(35)32(25)29-31-24-17(3)13-16(2)14-22(24)37-29/h5-11,13-15,25,33H,4,12H2,1-3H3/b26-23+. The van der Waals surface area contributed by atoms with Crippen molar-refractivity contribution in [2.24, 2.45) is 0 Å². The molecule has 5 rings (SSSR count). The molecule has 8 heteroatoms. The number of thiazole rings is 1. The van der Waals surface area contributed by atoms with Gasteiger partial charge in [0, 0.05) is 5.56 Å². The fraction of sp³-hybridized carbons (Fsp3) is 0.207. The van der Waals surface area contributed by atoms with Crippen LogP contribution in [0.1, 0.15) is 41.6 Å². The van der Waals surface area contributed by atoms with Gasteiger partial charge in [0.15, 0.2) is 5.13 Å². The molecule has 1 atom stereocenters. The van der Waals surface area contributed by atoms with Crippen molar-refractivity contribution in [3.05, 3.63) is 94.3 Å². The Morgan fingerprint density at radius 3 is 2.59 bits per heavy atom. The number of halogens is 1. The number of Topliss-reactive ketones (excluding diaryl/α,β-unsaturated/α-hetero) is 1. The van der Waals surface area contributed by atoms with Gasteiger partial charge in [-0.3, -0.25) is 14.5 Å². The van der Waals surface area contributed by atoms with Gasteiger partial charge in [-0.1, -0.05) is 36.5 Å². The number of amides is 1. The van der Waals surface area contributed by atoms with E-state index >= 15 is 0 Å². The molecule has 0 bridgehead atoms. The van der Waals surface area contributed by atoms with E-state index in [1.807, 2.05) is 32.9 Å². The van der Waals surface area contributed by atoms with E-state index in [-0.39, 0.29) is 16.9 Å². The predicted molar refractivity (Wildman–Crippen MR) is 143 cm³/mol. The van der Waals surface area contributed by atoms with Gasteiger partial charge in [-0.05, 0) is 79.4 Å². The number of aryl methyl sites for hydroxylation is 2. The average molecular weight is 517 g/mol. The smallest absolute Gasteiger partial charge is 0.301 e. The summed E-state index contributed by atoms with van der Waals surface area (Å²) in [4.78, 5) is 33.0. The first-order valence-corrected chi connectivity index (χ1v) is 12.8. The number of carbonyl (C=O) groups is 2. The molecule has 1 aliphatic rings. The second-order valence-corrected chi connectivity index (χ2v) is 10.0. The molecule has 1 aliphatic heterocycles. The number of ether oxygens (including phenoxy) is 1. The van der Waals surface area contributed by atoms with Crippen LogP contribution in [0.3, 0.4) is 0 Å². The first-order valence-electron chi connectivity index (χ1n) is 12.0. The topological polar surface area (TPSA) is 79.7 Å². The van der Waals surface area contributed by atoms with Crippen LogP contribution in [-0.4, -0.2) is 28.4 Å². The molecule has 1 unspecified atom stereocenters. The minimum Gasteiger partial charge on any atom is -0.507 e. The number of aliphatic hydroxyl groups excluding tert-OH is 1. The number of carbonyl (C=O) groups excluding carboxylic acids is 2. The van der Waals surface area contributed by atoms with Crippen LogP contribution < -0.4 is 9.64 Å². The number of aromatic nitrogens is 1. The Bertz CT molecular complexity index is 1560. The summed E-state index contributed by atoms with van der Waals surface area (Å²) in [5.41, 5.74) is 3.52. The zero-order valence-corrected chi connectivity index (χ0v) is 21.4. The summed E-state index contributed by atoms with van der Waals surface area (Å²) in [7, 11) is 0. The Morgan fingerprint density at radius 1 is 1.11 bits per heavy atom. The number of hydrogen-bond donors (Lipinski definition) is 1. The van der Waals surface area contributed by atoms with Gasteiger partial charge in [0.2, 0.25) is 0 Å². The van der Waals surface area contributed by atoms with Gasteiger partial charge in [0.05, 0.1) is 28.4 Å². The molecule has 188 valence electrons. The molecule has 0 aliphatic carbocycles. The SMILES string of the molecule is CCCOc1cccc(C2/C(=C(\O)c3ccc(F)cc3)C(=O)C(=O)N2c2nc3c(C)cc(C)cc3s2)c1. The fourth-order valence-corrected chi connectivity index (χ4v) is 5.73. The minimum absolute atomic E-state index is 0.0867. The molecule has 1 saturated heterocycles. The largest absolute Gasteiger partial charge is 0.507 e. The van der Waals surface area contributed by atoms with Gasteiger partial charge in [0.25, 0.3) is 5.78 Å². The van der Waals surface area contributed by atoms with Gasteiger partial charge < -0.3 is 9.84 Å². The third kappa shape index (κ3) is 4.49. The Balaban J connectivity index is 1.72. The van der Waals surface area contributed by atoms with Crippen molar-refractivity contribution in [3.8, 4) is 5.75 Å².